The van der Waals surface area contributed by atoms with Crippen molar-refractivity contribution in [2.24, 2.45) is 4.99 Å². The predicted octanol–water partition coefficient (Wildman–Crippen LogP) is 3.35. The monoisotopic (exact) mass is 349 g/mol. The van der Waals surface area contributed by atoms with E-state index in [2.05, 4.69) is 22.4 Å². The molecule has 124 valence electrons. The highest BCUT2D eigenvalue weighted by Crippen LogP contribution is 2.26. The van der Waals surface area contributed by atoms with Crippen LogP contribution in [0.1, 0.15) is 11.1 Å². The van der Waals surface area contributed by atoms with Gasteiger partial charge in [0.05, 0.1) is 11.5 Å². The van der Waals surface area contributed by atoms with Crippen LogP contribution in [0.5, 0.6) is 5.75 Å². The van der Waals surface area contributed by atoms with Gasteiger partial charge in [-0.05, 0) is 41.1 Å². The number of hydrogen-bond donors (Lipinski definition) is 1. The lowest BCUT2D eigenvalue weighted by Crippen LogP contribution is -2.19. The molecule has 3 rings (SSSR count). The molecule has 1 saturated heterocycles. The van der Waals surface area contributed by atoms with Crippen molar-refractivity contribution in [3.8, 4) is 11.9 Å². The fourth-order valence-corrected chi connectivity index (χ4v) is 3.05. The second-order valence-electron chi connectivity index (χ2n) is 5.23. The summed E-state index contributed by atoms with van der Waals surface area (Å²) in [6.45, 7) is 0.608. The van der Waals surface area contributed by atoms with Gasteiger partial charge in [0.1, 0.15) is 5.75 Å². The van der Waals surface area contributed by atoms with Crippen molar-refractivity contribution in [3.05, 3.63) is 70.6 Å². The fraction of sp³-hybridized carbons (Fsp3) is 0.105. The van der Waals surface area contributed by atoms with Crippen molar-refractivity contribution in [3.63, 3.8) is 0 Å². The van der Waals surface area contributed by atoms with Crippen molar-refractivity contribution in [1.82, 2.24) is 5.32 Å². The molecule has 25 heavy (non-hydrogen) atoms. The number of nitriles is 1. The minimum atomic E-state index is -0.248. The maximum Gasteiger partial charge on any atom is 0.264 e. The molecule has 2 aromatic rings. The molecule has 0 unspecified atom stereocenters. The lowest BCUT2D eigenvalue weighted by molar-refractivity contribution is -0.115. The van der Waals surface area contributed by atoms with Crippen LogP contribution in [0.25, 0.3) is 6.08 Å². The van der Waals surface area contributed by atoms with Crippen molar-refractivity contribution in [1.29, 1.82) is 5.26 Å². The summed E-state index contributed by atoms with van der Waals surface area (Å²) in [6.07, 6.45) is 4.27. The third-order valence-corrected chi connectivity index (χ3v) is 4.39. The van der Waals surface area contributed by atoms with E-state index in [1.54, 1.807) is 12.3 Å². The van der Waals surface area contributed by atoms with Gasteiger partial charge in [0, 0.05) is 6.42 Å². The molecule has 0 spiro atoms. The molecule has 5 nitrogen and oxygen atoms in total. The van der Waals surface area contributed by atoms with Gasteiger partial charge < -0.3 is 4.74 Å². The number of carbonyl (C=O) groups is 1. The van der Waals surface area contributed by atoms with Crippen molar-refractivity contribution in [2.75, 3.05) is 6.61 Å². The van der Waals surface area contributed by atoms with Crippen LogP contribution in [0.2, 0.25) is 0 Å². The van der Waals surface area contributed by atoms with E-state index in [4.69, 9.17) is 10.00 Å². The number of ether oxygens (including phenoxy) is 1. The molecule has 1 amide bonds. The van der Waals surface area contributed by atoms with Crippen LogP contribution in [-0.4, -0.2) is 17.7 Å². The zero-order chi connectivity index (χ0) is 17.5. The molecular weight excluding hydrogens is 334 g/mol. The first-order chi connectivity index (χ1) is 12.2. The molecule has 1 aliphatic heterocycles. The summed E-state index contributed by atoms with van der Waals surface area (Å²) in [5.74, 6) is 0.538. The number of nitrogens with zero attached hydrogens (tertiary/aromatic N) is 2. The normalized spacial score (nSPS) is 16.7. The summed E-state index contributed by atoms with van der Waals surface area (Å²) in [7, 11) is 0. The van der Waals surface area contributed by atoms with Gasteiger partial charge in [-0.15, -0.1) is 4.99 Å². The zero-order valence-corrected chi connectivity index (χ0v) is 14.1. The number of rotatable bonds is 5. The summed E-state index contributed by atoms with van der Waals surface area (Å²) in [6, 6.07) is 17.7. The third-order valence-electron chi connectivity index (χ3n) is 3.48. The standard InChI is InChI=1S/C19H15N3O2S/c20-13-21-19-22-18(23)17(25-19)12-15-6-8-16(9-7-15)24-11-10-14-4-2-1-3-5-14/h1-9,12H,10-11H2,(H,21,22,23). The molecule has 0 aliphatic carbocycles. The molecule has 2 aromatic carbocycles. The molecule has 0 aromatic heterocycles. The number of aliphatic imine (C=N–C) groups is 1. The number of amides is 1. The van der Waals surface area contributed by atoms with Crippen molar-refractivity contribution in [2.45, 2.75) is 6.42 Å². The highest BCUT2D eigenvalue weighted by molar-refractivity contribution is 8.18. The van der Waals surface area contributed by atoms with Crippen LogP contribution < -0.4 is 10.1 Å². The summed E-state index contributed by atoms with van der Waals surface area (Å²) in [5, 5.41) is 11.4. The summed E-state index contributed by atoms with van der Waals surface area (Å²) in [4.78, 5) is 15.8. The first-order valence-electron chi connectivity index (χ1n) is 7.69. The number of nitrogens with one attached hydrogen (secondary N) is 1. The van der Waals surface area contributed by atoms with Crippen LogP contribution in [-0.2, 0) is 11.2 Å². The Balaban J connectivity index is 1.57. The Labute approximate surface area is 150 Å². The highest BCUT2D eigenvalue weighted by Gasteiger charge is 2.23. The first-order valence-corrected chi connectivity index (χ1v) is 8.51. The van der Waals surface area contributed by atoms with Gasteiger partial charge in [-0.2, -0.15) is 5.26 Å². The molecule has 1 aliphatic rings. The zero-order valence-electron chi connectivity index (χ0n) is 13.3. The lowest BCUT2D eigenvalue weighted by Gasteiger charge is -2.06. The van der Waals surface area contributed by atoms with E-state index in [0.717, 1.165) is 29.5 Å². The Morgan fingerprint density at radius 1 is 1.16 bits per heavy atom. The largest absolute Gasteiger partial charge is 0.493 e. The smallest absolute Gasteiger partial charge is 0.264 e. The Hall–Kier alpha value is -3.04. The number of amidine groups is 1. The summed E-state index contributed by atoms with van der Waals surface area (Å²) < 4.78 is 5.74. The summed E-state index contributed by atoms with van der Waals surface area (Å²) in [5.41, 5.74) is 2.12. The number of benzene rings is 2. The van der Waals surface area contributed by atoms with E-state index < -0.39 is 0 Å². The highest BCUT2D eigenvalue weighted by atomic mass is 32.2. The van der Waals surface area contributed by atoms with E-state index in [9.17, 15) is 4.79 Å². The van der Waals surface area contributed by atoms with Gasteiger partial charge in [0.25, 0.3) is 5.91 Å². The SMILES string of the molecule is N#CN=C1NC(=O)C(=Cc2ccc(OCCc3ccccc3)cc2)S1. The average Bonchev–Trinajstić information content (AvgIpc) is 2.97. The third kappa shape index (κ3) is 4.72. The van der Waals surface area contributed by atoms with Gasteiger partial charge >= 0.3 is 0 Å². The van der Waals surface area contributed by atoms with Gasteiger partial charge in [0.2, 0.25) is 6.19 Å². The maximum atomic E-state index is 11.8. The van der Waals surface area contributed by atoms with Crippen molar-refractivity contribution < 1.29 is 9.53 Å². The molecular formula is C19H15N3O2S. The second-order valence-corrected chi connectivity index (χ2v) is 6.27. The minimum absolute atomic E-state index is 0.248. The van der Waals surface area contributed by atoms with E-state index in [0.29, 0.717) is 16.7 Å². The van der Waals surface area contributed by atoms with E-state index >= 15 is 0 Å². The van der Waals surface area contributed by atoms with E-state index in [1.165, 1.54) is 5.56 Å². The van der Waals surface area contributed by atoms with Gasteiger partial charge in [-0.25, -0.2) is 0 Å². The van der Waals surface area contributed by atoms with Crippen LogP contribution in [0.4, 0.5) is 0 Å². The molecule has 0 radical (unpaired) electrons. The fourth-order valence-electron chi connectivity index (χ4n) is 2.27. The molecule has 1 N–H and O–H groups in total. The quantitative estimate of drug-likeness (QED) is 0.663. The van der Waals surface area contributed by atoms with Crippen LogP contribution in [0.3, 0.4) is 0 Å². The number of carbonyl (C=O) groups excluding carboxylic acids is 1. The Morgan fingerprint density at radius 2 is 1.92 bits per heavy atom. The Bertz CT molecular complexity index is 852. The van der Waals surface area contributed by atoms with Crippen molar-refractivity contribution >= 4 is 28.9 Å². The second kappa shape index (κ2) is 8.18. The molecule has 1 heterocycles. The Kier molecular flexibility index (Phi) is 5.50. The Morgan fingerprint density at radius 3 is 2.64 bits per heavy atom. The average molecular weight is 349 g/mol. The van der Waals surface area contributed by atoms with Crippen LogP contribution in [0, 0.1) is 11.5 Å². The number of thioether (sulfide) groups is 1. The van der Waals surface area contributed by atoms with Crippen LogP contribution >= 0.6 is 11.8 Å². The van der Waals surface area contributed by atoms with E-state index in [-0.39, 0.29) is 5.91 Å². The maximum absolute atomic E-state index is 11.8. The topological polar surface area (TPSA) is 74.5 Å². The minimum Gasteiger partial charge on any atom is -0.493 e. The van der Waals surface area contributed by atoms with Gasteiger partial charge in [0.15, 0.2) is 5.17 Å². The molecule has 0 bridgehead atoms. The lowest BCUT2D eigenvalue weighted by atomic mass is 10.2. The van der Waals surface area contributed by atoms with E-state index in [1.807, 2.05) is 42.5 Å². The summed E-state index contributed by atoms with van der Waals surface area (Å²) >= 11 is 1.15. The molecule has 0 atom stereocenters. The molecule has 1 fully saturated rings. The first kappa shape index (κ1) is 16.8. The number of hydrogen-bond acceptors (Lipinski definition) is 5. The van der Waals surface area contributed by atoms with Crippen LogP contribution in [0.15, 0.2) is 64.5 Å². The predicted molar refractivity (Wildman–Crippen MR) is 98.8 cm³/mol. The molecule has 0 saturated carbocycles. The van der Waals surface area contributed by atoms with Gasteiger partial charge in [-0.1, -0.05) is 42.5 Å². The van der Waals surface area contributed by atoms with Gasteiger partial charge in [-0.3, -0.25) is 10.1 Å². The molecule has 6 heteroatoms.